The summed E-state index contributed by atoms with van der Waals surface area (Å²) in [7, 11) is 1.59. The Labute approximate surface area is 164 Å². The highest BCUT2D eigenvalue weighted by Crippen LogP contribution is 2.39. The second-order valence-corrected chi connectivity index (χ2v) is 6.95. The van der Waals surface area contributed by atoms with Gasteiger partial charge in [-0.3, -0.25) is 14.9 Å². The zero-order valence-corrected chi connectivity index (χ0v) is 15.5. The van der Waals surface area contributed by atoms with Gasteiger partial charge in [-0.2, -0.15) is 0 Å². The summed E-state index contributed by atoms with van der Waals surface area (Å²) in [6.45, 7) is 0. The Hall–Kier alpha value is -3.51. The van der Waals surface area contributed by atoms with Crippen LogP contribution in [-0.2, 0) is 9.59 Å². The molecule has 2 aromatic heterocycles. The monoisotopic (exact) mass is 391 g/mol. The number of hydrogen-bond acceptors (Lipinski definition) is 3. The Morgan fingerprint density at radius 1 is 0.893 bits per heavy atom. The molecule has 2 aromatic carbocycles. The van der Waals surface area contributed by atoms with Gasteiger partial charge >= 0.3 is 0 Å². The van der Waals surface area contributed by atoms with E-state index in [9.17, 15) is 9.59 Å². The van der Waals surface area contributed by atoms with Gasteiger partial charge in [0, 0.05) is 44.8 Å². The molecule has 0 unspecified atom stereocenters. The normalized spacial score (nSPS) is 14.4. The van der Waals surface area contributed by atoms with E-state index in [1.165, 1.54) is 0 Å². The minimum Gasteiger partial charge on any atom is -0.495 e. The van der Waals surface area contributed by atoms with E-state index in [-0.39, 0.29) is 0 Å². The first-order valence-corrected chi connectivity index (χ1v) is 8.97. The van der Waals surface area contributed by atoms with Crippen molar-refractivity contribution in [2.75, 3.05) is 7.11 Å². The Morgan fingerprint density at radius 2 is 1.61 bits per heavy atom. The van der Waals surface area contributed by atoms with Crippen LogP contribution < -0.4 is 10.1 Å². The number of aromatic amines is 2. The van der Waals surface area contributed by atoms with Crippen molar-refractivity contribution in [3.05, 3.63) is 64.9 Å². The molecule has 138 valence electrons. The lowest BCUT2D eigenvalue weighted by Crippen LogP contribution is -2.22. The number of methoxy groups -OCH3 is 1. The number of amides is 2. The fourth-order valence-corrected chi connectivity index (χ4v) is 3.95. The number of imide groups is 1. The summed E-state index contributed by atoms with van der Waals surface area (Å²) >= 11 is 6.06. The fourth-order valence-electron chi connectivity index (χ4n) is 3.78. The number of carbonyl (C=O) groups is 2. The van der Waals surface area contributed by atoms with Crippen LogP contribution >= 0.6 is 11.6 Å². The molecule has 7 heteroatoms. The van der Waals surface area contributed by atoms with E-state index in [0.29, 0.717) is 33.0 Å². The van der Waals surface area contributed by atoms with Crippen molar-refractivity contribution < 1.29 is 14.3 Å². The summed E-state index contributed by atoms with van der Waals surface area (Å²) in [5.41, 5.74) is 3.53. The number of benzene rings is 2. The maximum Gasteiger partial charge on any atom is 0.259 e. The number of para-hydroxylation sites is 1. The van der Waals surface area contributed by atoms with E-state index < -0.39 is 11.8 Å². The lowest BCUT2D eigenvalue weighted by molar-refractivity contribution is -0.122. The molecule has 0 atom stereocenters. The number of aromatic nitrogens is 2. The molecule has 0 fully saturated rings. The zero-order valence-electron chi connectivity index (χ0n) is 14.7. The van der Waals surface area contributed by atoms with Crippen LogP contribution in [0.5, 0.6) is 5.75 Å². The molecule has 2 amide bonds. The highest BCUT2D eigenvalue weighted by molar-refractivity contribution is 6.50. The maximum absolute atomic E-state index is 12.7. The number of carbonyl (C=O) groups excluding carboxylic acids is 2. The molecule has 3 heterocycles. The summed E-state index contributed by atoms with van der Waals surface area (Å²) in [5.74, 6) is -0.183. The van der Waals surface area contributed by atoms with Crippen LogP contribution in [0.2, 0.25) is 5.02 Å². The Bertz CT molecular complexity index is 1330. The van der Waals surface area contributed by atoms with Gasteiger partial charge in [0.05, 0.1) is 23.8 Å². The van der Waals surface area contributed by atoms with E-state index in [1.54, 1.807) is 31.6 Å². The van der Waals surface area contributed by atoms with Crippen LogP contribution in [-0.4, -0.2) is 28.9 Å². The number of rotatable bonds is 3. The summed E-state index contributed by atoms with van der Waals surface area (Å²) in [4.78, 5) is 31.7. The molecule has 0 spiro atoms. The average Bonchev–Trinajstić information content (AvgIpc) is 3.35. The van der Waals surface area contributed by atoms with E-state index >= 15 is 0 Å². The van der Waals surface area contributed by atoms with E-state index in [0.717, 1.165) is 21.8 Å². The van der Waals surface area contributed by atoms with Gasteiger partial charge in [-0.25, -0.2) is 0 Å². The fraction of sp³-hybridized carbons (Fsp3) is 0.0476. The minimum absolute atomic E-state index is 0.334. The molecule has 0 saturated heterocycles. The molecule has 1 aliphatic rings. The van der Waals surface area contributed by atoms with Gasteiger partial charge in [-0.15, -0.1) is 0 Å². The molecule has 3 N–H and O–H groups in total. The first kappa shape index (κ1) is 16.6. The second-order valence-electron chi connectivity index (χ2n) is 6.51. The Morgan fingerprint density at radius 3 is 2.36 bits per heavy atom. The lowest BCUT2D eigenvalue weighted by Gasteiger charge is -2.04. The van der Waals surface area contributed by atoms with Crippen molar-refractivity contribution in [3.8, 4) is 5.75 Å². The first-order chi connectivity index (χ1) is 13.6. The quantitative estimate of drug-likeness (QED) is 0.463. The summed E-state index contributed by atoms with van der Waals surface area (Å²) in [6.07, 6.45) is 3.45. The molecule has 0 bridgehead atoms. The SMILES string of the molecule is COc1cccc2c(C3=C(c4c[nH]c5cc(Cl)ccc45)C(=O)NC3=O)c[nH]c12. The molecule has 0 aliphatic carbocycles. The van der Waals surface area contributed by atoms with Gasteiger partial charge in [0.15, 0.2) is 0 Å². The van der Waals surface area contributed by atoms with Crippen molar-refractivity contribution in [1.29, 1.82) is 0 Å². The molecule has 0 saturated carbocycles. The summed E-state index contributed by atoms with van der Waals surface area (Å²) < 4.78 is 5.39. The number of fused-ring (bicyclic) bond motifs is 2. The van der Waals surface area contributed by atoms with Crippen LogP contribution in [0.4, 0.5) is 0 Å². The number of halogens is 1. The zero-order chi connectivity index (χ0) is 19.4. The third kappa shape index (κ3) is 2.28. The van der Waals surface area contributed by atoms with Gasteiger partial charge in [-0.1, -0.05) is 29.8 Å². The number of hydrogen-bond donors (Lipinski definition) is 3. The third-order valence-electron chi connectivity index (χ3n) is 5.01. The first-order valence-electron chi connectivity index (χ1n) is 8.60. The maximum atomic E-state index is 12.7. The van der Waals surface area contributed by atoms with Crippen molar-refractivity contribution in [2.24, 2.45) is 0 Å². The average molecular weight is 392 g/mol. The summed E-state index contributed by atoms with van der Waals surface area (Å²) in [6, 6.07) is 10.9. The third-order valence-corrected chi connectivity index (χ3v) is 5.25. The van der Waals surface area contributed by atoms with E-state index in [2.05, 4.69) is 15.3 Å². The molecular weight excluding hydrogens is 378 g/mol. The van der Waals surface area contributed by atoms with Gasteiger partial charge in [-0.05, 0) is 18.2 Å². The van der Waals surface area contributed by atoms with Crippen LogP contribution in [0.25, 0.3) is 33.0 Å². The number of H-pyrrole nitrogens is 2. The van der Waals surface area contributed by atoms with Crippen molar-refractivity contribution in [2.45, 2.75) is 0 Å². The molecule has 0 radical (unpaired) electrons. The second kappa shape index (κ2) is 6.00. The lowest BCUT2D eigenvalue weighted by atomic mass is 9.95. The molecule has 5 rings (SSSR count). The number of nitrogens with one attached hydrogen (secondary N) is 3. The topological polar surface area (TPSA) is 87.0 Å². The molecule has 4 aromatic rings. The molecule has 28 heavy (non-hydrogen) atoms. The Kier molecular flexibility index (Phi) is 3.57. The molecule has 1 aliphatic heterocycles. The van der Waals surface area contributed by atoms with Crippen molar-refractivity contribution in [3.63, 3.8) is 0 Å². The van der Waals surface area contributed by atoms with Crippen LogP contribution in [0.3, 0.4) is 0 Å². The van der Waals surface area contributed by atoms with Crippen LogP contribution in [0.15, 0.2) is 48.8 Å². The highest BCUT2D eigenvalue weighted by Gasteiger charge is 2.34. The minimum atomic E-state index is -0.424. The van der Waals surface area contributed by atoms with Crippen molar-refractivity contribution >= 4 is 56.4 Å². The van der Waals surface area contributed by atoms with Gasteiger partial charge in [0.25, 0.3) is 11.8 Å². The molecule has 6 nitrogen and oxygen atoms in total. The number of ether oxygens (including phenoxy) is 1. The predicted octanol–water partition coefficient (Wildman–Crippen LogP) is 3.88. The van der Waals surface area contributed by atoms with E-state index in [1.807, 2.05) is 24.3 Å². The standard InChI is InChI=1S/C21H14ClN3O3/c1-28-16-4-2-3-12-14(9-24-19(12)16)18-17(20(26)25-21(18)27)13-8-23-15-7-10(22)5-6-11(13)15/h2-9,23-24H,1H3,(H,25,26,27). The van der Waals surface area contributed by atoms with Gasteiger partial charge < -0.3 is 14.7 Å². The Balaban J connectivity index is 1.81. The predicted molar refractivity (Wildman–Crippen MR) is 108 cm³/mol. The largest absolute Gasteiger partial charge is 0.495 e. The van der Waals surface area contributed by atoms with Crippen LogP contribution in [0, 0.1) is 0 Å². The smallest absolute Gasteiger partial charge is 0.259 e. The van der Waals surface area contributed by atoms with Crippen LogP contribution in [0.1, 0.15) is 11.1 Å². The summed E-state index contributed by atoms with van der Waals surface area (Å²) in [5, 5.41) is 4.64. The highest BCUT2D eigenvalue weighted by atomic mass is 35.5. The van der Waals surface area contributed by atoms with E-state index in [4.69, 9.17) is 16.3 Å². The van der Waals surface area contributed by atoms with Gasteiger partial charge in [0.2, 0.25) is 0 Å². The molecular formula is C21H14ClN3O3. The van der Waals surface area contributed by atoms with Crippen molar-refractivity contribution in [1.82, 2.24) is 15.3 Å². The van der Waals surface area contributed by atoms with Gasteiger partial charge in [0.1, 0.15) is 5.75 Å².